The highest BCUT2D eigenvalue weighted by Gasteiger charge is 2.09. The normalized spacial score (nSPS) is 13.7. The number of aryl methyl sites for hydroxylation is 1. The molecule has 2 aromatic rings. The van der Waals surface area contributed by atoms with Crippen molar-refractivity contribution < 1.29 is 9.84 Å². The van der Waals surface area contributed by atoms with E-state index in [1.54, 1.807) is 0 Å². The summed E-state index contributed by atoms with van der Waals surface area (Å²) in [6.45, 7) is 4.84. The number of hydrogen-bond donors (Lipinski definition) is 2. The Bertz CT molecular complexity index is 525. The van der Waals surface area contributed by atoms with Crippen LogP contribution < -0.4 is 5.32 Å². The third-order valence-electron chi connectivity index (χ3n) is 3.40. The molecule has 112 valence electrons. The van der Waals surface area contributed by atoms with Crippen molar-refractivity contribution in [1.82, 2.24) is 0 Å². The topological polar surface area (TPSA) is 41.5 Å². The molecular weight excluding hydrogens is 262 g/mol. The number of rotatable bonds is 7. The maximum Gasteiger partial charge on any atom is 0.0945 e. The Kier molecular flexibility index (Phi) is 5.78. The van der Waals surface area contributed by atoms with Crippen LogP contribution in [0.2, 0.25) is 0 Å². The fraction of sp³-hybridized carbons (Fsp3) is 0.333. The van der Waals surface area contributed by atoms with E-state index in [1.165, 1.54) is 5.56 Å². The molecule has 3 heteroatoms. The molecule has 0 aliphatic rings. The van der Waals surface area contributed by atoms with Gasteiger partial charge in [0.15, 0.2) is 0 Å². The quantitative estimate of drug-likeness (QED) is 0.817. The lowest BCUT2D eigenvalue weighted by molar-refractivity contribution is 0.00243. The zero-order valence-corrected chi connectivity index (χ0v) is 12.6. The second-order valence-electron chi connectivity index (χ2n) is 5.29. The van der Waals surface area contributed by atoms with E-state index in [-0.39, 0.29) is 6.10 Å². The van der Waals surface area contributed by atoms with Crippen LogP contribution in [0.4, 0.5) is 5.69 Å². The second kappa shape index (κ2) is 7.81. The molecule has 0 radical (unpaired) electrons. The summed E-state index contributed by atoms with van der Waals surface area (Å²) in [7, 11) is 0. The van der Waals surface area contributed by atoms with E-state index in [9.17, 15) is 5.11 Å². The molecule has 2 aromatic carbocycles. The largest absolute Gasteiger partial charge is 0.389 e. The zero-order valence-electron chi connectivity index (χ0n) is 12.6. The molecule has 0 saturated heterocycles. The van der Waals surface area contributed by atoms with Gasteiger partial charge in [-0.3, -0.25) is 0 Å². The Morgan fingerprint density at radius 3 is 2.38 bits per heavy atom. The smallest absolute Gasteiger partial charge is 0.0945 e. The lowest BCUT2D eigenvalue weighted by atomic mass is 10.1. The molecule has 2 N–H and O–H groups in total. The predicted molar refractivity (Wildman–Crippen MR) is 86.5 cm³/mol. The molecular formula is C18H23NO2. The van der Waals surface area contributed by atoms with Crippen LogP contribution in [0.1, 0.15) is 24.2 Å². The maximum atomic E-state index is 9.97. The van der Waals surface area contributed by atoms with Crippen molar-refractivity contribution in [3.05, 3.63) is 65.7 Å². The molecule has 0 aromatic heterocycles. The van der Waals surface area contributed by atoms with Gasteiger partial charge in [0, 0.05) is 12.2 Å². The van der Waals surface area contributed by atoms with Crippen LogP contribution in [0.25, 0.3) is 0 Å². The standard InChI is InChI=1S/C18H23NO2/c1-14-8-10-17(11-9-14)19-12-18(20)13-21-15(2)16-6-4-3-5-7-16/h3-11,15,18-20H,12-13H2,1-2H3. The van der Waals surface area contributed by atoms with Crippen LogP contribution in [0.3, 0.4) is 0 Å². The van der Waals surface area contributed by atoms with Gasteiger partial charge in [0.25, 0.3) is 0 Å². The molecule has 0 amide bonds. The van der Waals surface area contributed by atoms with Gasteiger partial charge < -0.3 is 15.2 Å². The van der Waals surface area contributed by atoms with Crippen LogP contribution in [0.5, 0.6) is 0 Å². The number of aliphatic hydroxyl groups excluding tert-OH is 1. The van der Waals surface area contributed by atoms with Gasteiger partial charge in [0.05, 0.1) is 18.8 Å². The Balaban J connectivity index is 1.72. The van der Waals surface area contributed by atoms with E-state index in [0.717, 1.165) is 11.3 Å². The number of nitrogens with one attached hydrogen (secondary N) is 1. The second-order valence-corrected chi connectivity index (χ2v) is 5.29. The fourth-order valence-corrected chi connectivity index (χ4v) is 2.04. The van der Waals surface area contributed by atoms with E-state index < -0.39 is 6.10 Å². The molecule has 0 aliphatic heterocycles. The number of anilines is 1. The molecule has 2 atom stereocenters. The van der Waals surface area contributed by atoms with Gasteiger partial charge in [0.1, 0.15) is 0 Å². The Morgan fingerprint density at radius 1 is 1.05 bits per heavy atom. The van der Waals surface area contributed by atoms with E-state index in [1.807, 2.05) is 61.5 Å². The van der Waals surface area contributed by atoms with Gasteiger partial charge in [-0.15, -0.1) is 0 Å². The first-order valence-corrected chi connectivity index (χ1v) is 7.30. The Hall–Kier alpha value is -1.84. The predicted octanol–water partition coefficient (Wildman–Crippen LogP) is 3.55. The Labute approximate surface area is 126 Å². The van der Waals surface area contributed by atoms with Crippen molar-refractivity contribution in [1.29, 1.82) is 0 Å². The summed E-state index contributed by atoms with van der Waals surface area (Å²) in [6, 6.07) is 18.1. The molecule has 0 bridgehead atoms. The van der Waals surface area contributed by atoms with Crippen LogP contribution >= 0.6 is 0 Å². The van der Waals surface area contributed by atoms with E-state index in [0.29, 0.717) is 13.2 Å². The molecule has 0 spiro atoms. The van der Waals surface area contributed by atoms with Crippen molar-refractivity contribution in [3.63, 3.8) is 0 Å². The lowest BCUT2D eigenvalue weighted by Crippen LogP contribution is -2.25. The van der Waals surface area contributed by atoms with E-state index in [2.05, 4.69) is 12.2 Å². The third kappa shape index (κ3) is 5.21. The van der Waals surface area contributed by atoms with Crippen LogP contribution in [-0.4, -0.2) is 24.4 Å². The van der Waals surface area contributed by atoms with Crippen LogP contribution in [0, 0.1) is 6.92 Å². The highest BCUT2D eigenvalue weighted by atomic mass is 16.5. The summed E-state index contributed by atoms with van der Waals surface area (Å²) in [6.07, 6.45) is -0.544. The molecule has 0 heterocycles. The SMILES string of the molecule is Cc1ccc(NCC(O)COC(C)c2ccccc2)cc1. The van der Waals surface area contributed by atoms with Gasteiger partial charge in [-0.25, -0.2) is 0 Å². The summed E-state index contributed by atoms with van der Waals surface area (Å²) in [5.41, 5.74) is 3.35. The van der Waals surface area contributed by atoms with Gasteiger partial charge in [-0.1, -0.05) is 48.0 Å². The summed E-state index contributed by atoms with van der Waals surface area (Å²) >= 11 is 0. The van der Waals surface area contributed by atoms with Crippen molar-refractivity contribution in [2.24, 2.45) is 0 Å². The zero-order chi connectivity index (χ0) is 15.1. The summed E-state index contributed by atoms with van der Waals surface area (Å²) in [5, 5.41) is 13.2. The van der Waals surface area contributed by atoms with Gasteiger partial charge in [0.2, 0.25) is 0 Å². The fourth-order valence-electron chi connectivity index (χ4n) is 2.04. The summed E-state index contributed by atoms with van der Waals surface area (Å²) in [5.74, 6) is 0. The lowest BCUT2D eigenvalue weighted by Gasteiger charge is -2.17. The minimum absolute atomic E-state index is 0.0137. The van der Waals surface area contributed by atoms with Gasteiger partial charge >= 0.3 is 0 Å². The highest BCUT2D eigenvalue weighted by Crippen LogP contribution is 2.16. The third-order valence-corrected chi connectivity index (χ3v) is 3.40. The Morgan fingerprint density at radius 2 is 1.71 bits per heavy atom. The molecule has 0 saturated carbocycles. The van der Waals surface area contributed by atoms with Crippen molar-refractivity contribution in [2.75, 3.05) is 18.5 Å². The van der Waals surface area contributed by atoms with E-state index >= 15 is 0 Å². The minimum Gasteiger partial charge on any atom is -0.389 e. The number of aliphatic hydroxyl groups is 1. The monoisotopic (exact) mass is 285 g/mol. The molecule has 0 fully saturated rings. The first-order chi connectivity index (χ1) is 10.1. The van der Waals surface area contributed by atoms with Crippen molar-refractivity contribution in [3.8, 4) is 0 Å². The van der Waals surface area contributed by atoms with Crippen molar-refractivity contribution in [2.45, 2.75) is 26.1 Å². The molecule has 2 unspecified atom stereocenters. The molecule has 0 aliphatic carbocycles. The van der Waals surface area contributed by atoms with E-state index in [4.69, 9.17) is 4.74 Å². The van der Waals surface area contributed by atoms with Crippen LogP contribution in [0.15, 0.2) is 54.6 Å². The molecule has 3 nitrogen and oxygen atoms in total. The summed E-state index contributed by atoms with van der Waals surface area (Å²) < 4.78 is 5.71. The molecule has 2 rings (SSSR count). The van der Waals surface area contributed by atoms with Crippen LogP contribution in [-0.2, 0) is 4.74 Å². The van der Waals surface area contributed by atoms with Gasteiger partial charge in [-0.2, -0.15) is 0 Å². The van der Waals surface area contributed by atoms with Crippen molar-refractivity contribution >= 4 is 5.69 Å². The van der Waals surface area contributed by atoms with Gasteiger partial charge in [-0.05, 0) is 31.5 Å². The summed E-state index contributed by atoms with van der Waals surface area (Å²) in [4.78, 5) is 0. The average Bonchev–Trinajstić information content (AvgIpc) is 2.53. The average molecular weight is 285 g/mol. The number of hydrogen-bond acceptors (Lipinski definition) is 3. The maximum absolute atomic E-state index is 9.97. The highest BCUT2D eigenvalue weighted by molar-refractivity contribution is 5.44. The minimum atomic E-state index is -0.530. The first-order valence-electron chi connectivity index (χ1n) is 7.30. The first kappa shape index (κ1) is 15.5. The number of benzene rings is 2. The number of ether oxygens (including phenoxy) is 1. The molecule has 21 heavy (non-hydrogen) atoms.